The van der Waals surface area contributed by atoms with E-state index in [1.807, 2.05) is 17.0 Å². The van der Waals surface area contributed by atoms with Gasteiger partial charge >= 0.3 is 0 Å². The number of nitrogen functional groups attached to an aromatic ring is 1. The Morgan fingerprint density at radius 2 is 1.93 bits per heavy atom. The largest absolute Gasteiger partial charge is 0.507 e. The number of aromatic nitrogens is 2. The lowest BCUT2D eigenvalue weighted by atomic mass is 9.88. The van der Waals surface area contributed by atoms with E-state index in [-0.39, 0.29) is 17.6 Å². The van der Waals surface area contributed by atoms with Crippen LogP contribution in [-0.4, -0.2) is 51.9 Å². The van der Waals surface area contributed by atoms with Crippen LogP contribution in [0.3, 0.4) is 0 Å². The summed E-state index contributed by atoms with van der Waals surface area (Å²) in [4.78, 5) is 14.4. The summed E-state index contributed by atoms with van der Waals surface area (Å²) in [5, 5.41) is 18.3. The maximum atomic E-state index is 12.6. The van der Waals surface area contributed by atoms with E-state index in [0.29, 0.717) is 30.2 Å². The first-order chi connectivity index (χ1) is 12.8. The van der Waals surface area contributed by atoms with Crippen molar-refractivity contribution >= 4 is 11.7 Å². The Labute approximate surface area is 159 Å². The van der Waals surface area contributed by atoms with Gasteiger partial charge in [-0.15, -0.1) is 10.2 Å². The highest BCUT2D eigenvalue weighted by Gasteiger charge is 2.34. The minimum Gasteiger partial charge on any atom is -0.507 e. The third-order valence-corrected chi connectivity index (χ3v) is 5.28. The van der Waals surface area contributed by atoms with Gasteiger partial charge in [0.2, 0.25) is 0 Å². The molecule has 0 bridgehead atoms. The predicted molar refractivity (Wildman–Crippen MR) is 103 cm³/mol. The fourth-order valence-electron chi connectivity index (χ4n) is 3.43. The average molecular weight is 370 g/mol. The summed E-state index contributed by atoms with van der Waals surface area (Å²) in [6, 6.07) is 8.92. The van der Waals surface area contributed by atoms with Crippen LogP contribution < -0.4 is 5.73 Å². The lowest BCUT2D eigenvalue weighted by Crippen LogP contribution is -2.49. The molecule has 1 aromatic carbocycles. The van der Waals surface area contributed by atoms with E-state index in [1.54, 1.807) is 39.2 Å². The lowest BCUT2D eigenvalue weighted by Gasteiger charge is -2.36. The molecule has 0 aliphatic carbocycles. The molecule has 0 spiro atoms. The molecule has 27 heavy (non-hydrogen) atoms. The number of para-hydroxylation sites is 1. The second kappa shape index (κ2) is 7.52. The van der Waals surface area contributed by atoms with Gasteiger partial charge < -0.3 is 20.5 Å². The number of anilines is 1. The van der Waals surface area contributed by atoms with E-state index < -0.39 is 5.60 Å². The number of ether oxygens (including phenoxy) is 1. The highest BCUT2D eigenvalue weighted by atomic mass is 16.5. The smallest absolute Gasteiger partial charge is 0.254 e. The molecule has 0 saturated carbocycles. The first-order valence-electron chi connectivity index (χ1n) is 9.09. The number of piperidine rings is 1. The van der Waals surface area contributed by atoms with Crippen LogP contribution in [0.4, 0.5) is 5.82 Å². The molecule has 0 atom stereocenters. The number of nitrogens with zero attached hydrogens (tertiary/aromatic N) is 3. The number of carbonyl (C=O) groups is 1. The average Bonchev–Trinajstić information content (AvgIpc) is 2.68. The van der Waals surface area contributed by atoms with E-state index >= 15 is 0 Å². The number of amides is 1. The van der Waals surface area contributed by atoms with Crippen LogP contribution >= 0.6 is 0 Å². The molecule has 2 heterocycles. The van der Waals surface area contributed by atoms with Gasteiger partial charge in [-0.1, -0.05) is 12.1 Å². The van der Waals surface area contributed by atoms with Gasteiger partial charge in [-0.05, 0) is 50.8 Å². The van der Waals surface area contributed by atoms with Crippen molar-refractivity contribution in [2.45, 2.75) is 38.2 Å². The number of benzene rings is 1. The fourth-order valence-corrected chi connectivity index (χ4v) is 3.43. The van der Waals surface area contributed by atoms with Crippen molar-refractivity contribution in [1.82, 2.24) is 15.1 Å². The van der Waals surface area contributed by atoms with Crippen molar-refractivity contribution in [2.75, 3.05) is 25.9 Å². The molecule has 0 radical (unpaired) electrons. The summed E-state index contributed by atoms with van der Waals surface area (Å²) in [7, 11) is 1.55. The van der Waals surface area contributed by atoms with Crippen molar-refractivity contribution < 1.29 is 14.6 Å². The Balaban J connectivity index is 1.78. The normalized spacial score (nSPS) is 15.7. The van der Waals surface area contributed by atoms with Gasteiger partial charge in [-0.3, -0.25) is 4.79 Å². The van der Waals surface area contributed by atoms with Gasteiger partial charge in [-0.25, -0.2) is 0 Å². The maximum absolute atomic E-state index is 12.6. The fraction of sp³-hybridized carbons (Fsp3) is 0.450. The second-order valence-electron chi connectivity index (χ2n) is 7.37. The minimum atomic E-state index is -0.817. The summed E-state index contributed by atoms with van der Waals surface area (Å²) in [5.41, 5.74) is 7.41. The third kappa shape index (κ3) is 3.88. The lowest BCUT2D eigenvalue weighted by molar-refractivity contribution is -0.152. The van der Waals surface area contributed by atoms with Crippen LogP contribution in [0.5, 0.6) is 5.75 Å². The van der Waals surface area contributed by atoms with Crippen molar-refractivity contribution in [1.29, 1.82) is 0 Å². The zero-order chi connectivity index (χ0) is 19.6. The molecule has 1 amide bonds. The quantitative estimate of drug-likeness (QED) is 0.858. The molecule has 3 rings (SSSR count). The number of rotatable bonds is 4. The van der Waals surface area contributed by atoms with Gasteiger partial charge in [0.25, 0.3) is 5.91 Å². The van der Waals surface area contributed by atoms with Crippen LogP contribution in [0.1, 0.15) is 38.2 Å². The number of hydrogen-bond donors (Lipinski definition) is 2. The van der Waals surface area contributed by atoms with Crippen molar-refractivity contribution in [3.05, 3.63) is 35.9 Å². The van der Waals surface area contributed by atoms with E-state index in [1.165, 1.54) is 0 Å². The molecule has 2 aromatic rings. The molecule has 1 fully saturated rings. The number of likely N-dealkylation sites (tertiary alicyclic amines) is 1. The molecule has 0 unspecified atom stereocenters. The van der Waals surface area contributed by atoms with Crippen LogP contribution in [0, 0.1) is 0 Å². The third-order valence-electron chi connectivity index (χ3n) is 5.28. The van der Waals surface area contributed by atoms with E-state index in [9.17, 15) is 9.90 Å². The second-order valence-corrected chi connectivity index (χ2v) is 7.37. The Morgan fingerprint density at radius 3 is 2.56 bits per heavy atom. The Bertz CT molecular complexity index is 830. The Morgan fingerprint density at radius 1 is 1.26 bits per heavy atom. The van der Waals surface area contributed by atoms with Crippen molar-refractivity contribution in [3.63, 3.8) is 0 Å². The van der Waals surface area contributed by atoms with Gasteiger partial charge in [-0.2, -0.15) is 0 Å². The van der Waals surface area contributed by atoms with Crippen LogP contribution in [0.2, 0.25) is 0 Å². The first-order valence-corrected chi connectivity index (χ1v) is 9.09. The first kappa shape index (κ1) is 19.1. The van der Waals surface area contributed by atoms with Gasteiger partial charge in [0, 0.05) is 31.3 Å². The van der Waals surface area contributed by atoms with Crippen molar-refractivity contribution in [2.24, 2.45) is 0 Å². The van der Waals surface area contributed by atoms with Gasteiger partial charge in [0.05, 0.1) is 5.69 Å². The number of hydrogen-bond acceptors (Lipinski definition) is 6. The van der Waals surface area contributed by atoms with Gasteiger partial charge in [0.1, 0.15) is 17.2 Å². The van der Waals surface area contributed by atoms with E-state index in [2.05, 4.69) is 10.2 Å². The molecule has 1 aliphatic heterocycles. The van der Waals surface area contributed by atoms with Crippen LogP contribution in [0.15, 0.2) is 30.3 Å². The predicted octanol–water partition coefficient (Wildman–Crippen LogP) is 2.56. The number of phenols is 1. The van der Waals surface area contributed by atoms with Crippen LogP contribution in [-0.2, 0) is 9.53 Å². The summed E-state index contributed by atoms with van der Waals surface area (Å²) in [5.74, 6) is 0.750. The van der Waals surface area contributed by atoms with Gasteiger partial charge in [0.15, 0.2) is 0 Å². The number of methoxy groups -OCH3 is 1. The van der Waals surface area contributed by atoms with Crippen molar-refractivity contribution in [3.8, 4) is 17.0 Å². The monoisotopic (exact) mass is 370 g/mol. The highest BCUT2D eigenvalue weighted by Crippen LogP contribution is 2.35. The number of nitrogens with two attached hydrogens (primary N) is 1. The summed E-state index contributed by atoms with van der Waals surface area (Å²) in [6.45, 7) is 4.85. The van der Waals surface area contributed by atoms with E-state index in [0.717, 1.165) is 18.4 Å². The molecule has 144 valence electrons. The number of carbonyl (C=O) groups excluding carboxylic acids is 1. The zero-order valence-corrected chi connectivity index (χ0v) is 16.0. The highest BCUT2D eigenvalue weighted by molar-refractivity contribution is 5.84. The summed E-state index contributed by atoms with van der Waals surface area (Å²) >= 11 is 0. The molecule has 1 aromatic heterocycles. The minimum absolute atomic E-state index is 0.000766. The summed E-state index contributed by atoms with van der Waals surface area (Å²) < 4.78 is 5.31. The molecule has 7 nitrogen and oxygen atoms in total. The number of phenolic OH excluding ortho intramolecular Hbond substituents is 1. The maximum Gasteiger partial charge on any atom is 0.254 e. The standard InChI is InChI=1S/C20H26N4O3/c1-20(2,27-3)19(26)24-10-8-13(9-11-24)15-12-16(22-23-18(15)21)14-6-4-5-7-17(14)25/h4-7,12-13,25H,8-11H2,1-3H3,(H2,21,23). The topological polar surface area (TPSA) is 102 Å². The molecular weight excluding hydrogens is 344 g/mol. The molecule has 7 heteroatoms. The van der Waals surface area contributed by atoms with Crippen LogP contribution in [0.25, 0.3) is 11.3 Å². The Kier molecular flexibility index (Phi) is 5.32. The summed E-state index contributed by atoms with van der Waals surface area (Å²) in [6.07, 6.45) is 1.59. The molecule has 1 saturated heterocycles. The number of aromatic hydroxyl groups is 1. The molecule has 3 N–H and O–H groups in total. The van der Waals surface area contributed by atoms with E-state index in [4.69, 9.17) is 10.5 Å². The zero-order valence-electron chi connectivity index (χ0n) is 16.0. The Hall–Kier alpha value is -2.67. The molecular formula is C20H26N4O3. The SMILES string of the molecule is COC(C)(C)C(=O)N1CCC(c2cc(-c3ccccc3O)nnc2N)CC1. The molecule has 1 aliphatic rings.